The maximum atomic E-state index is 5.82. The highest BCUT2D eigenvalue weighted by atomic mass is 35.5. The van der Waals surface area contributed by atoms with Crippen LogP contribution in [-0.2, 0) is 0 Å². The summed E-state index contributed by atoms with van der Waals surface area (Å²) in [5, 5.41) is 6.65. The van der Waals surface area contributed by atoms with E-state index < -0.39 is 0 Å². The molecular formula is C9H12ClN5. The molecule has 2 saturated carbocycles. The molecular weight excluding hydrogens is 214 g/mol. The summed E-state index contributed by atoms with van der Waals surface area (Å²) in [6.45, 7) is 0. The third kappa shape index (κ3) is 2.47. The van der Waals surface area contributed by atoms with Crippen molar-refractivity contribution in [3.05, 3.63) is 5.28 Å². The van der Waals surface area contributed by atoms with Crippen molar-refractivity contribution in [3.8, 4) is 0 Å². The number of anilines is 2. The molecule has 15 heavy (non-hydrogen) atoms. The van der Waals surface area contributed by atoms with Gasteiger partial charge in [0.25, 0.3) is 0 Å². The summed E-state index contributed by atoms with van der Waals surface area (Å²) in [6, 6.07) is 1.05. The van der Waals surface area contributed by atoms with E-state index in [1.165, 1.54) is 25.7 Å². The molecule has 0 saturated heterocycles. The van der Waals surface area contributed by atoms with Gasteiger partial charge in [0, 0.05) is 12.1 Å². The smallest absolute Gasteiger partial charge is 0.229 e. The molecule has 1 aromatic heterocycles. The van der Waals surface area contributed by atoms with Crippen molar-refractivity contribution in [3.63, 3.8) is 0 Å². The van der Waals surface area contributed by atoms with Crippen LogP contribution >= 0.6 is 11.6 Å². The van der Waals surface area contributed by atoms with Gasteiger partial charge in [-0.1, -0.05) is 0 Å². The summed E-state index contributed by atoms with van der Waals surface area (Å²) in [6.07, 6.45) is 4.76. The van der Waals surface area contributed by atoms with Crippen LogP contribution in [0.2, 0.25) is 5.28 Å². The summed E-state index contributed by atoms with van der Waals surface area (Å²) >= 11 is 5.82. The predicted molar refractivity (Wildman–Crippen MR) is 58.1 cm³/mol. The number of rotatable bonds is 4. The molecule has 3 rings (SSSR count). The second-order valence-corrected chi connectivity index (χ2v) is 4.43. The zero-order valence-corrected chi connectivity index (χ0v) is 8.96. The zero-order chi connectivity index (χ0) is 10.3. The molecule has 0 spiro atoms. The molecule has 2 fully saturated rings. The lowest BCUT2D eigenvalue weighted by atomic mass is 10.6. The Morgan fingerprint density at radius 1 is 0.867 bits per heavy atom. The highest BCUT2D eigenvalue weighted by molar-refractivity contribution is 6.28. The van der Waals surface area contributed by atoms with Gasteiger partial charge >= 0.3 is 0 Å². The first-order valence-corrected chi connectivity index (χ1v) is 5.62. The second kappa shape index (κ2) is 3.48. The molecule has 0 amide bonds. The van der Waals surface area contributed by atoms with Crippen molar-refractivity contribution in [2.75, 3.05) is 10.6 Å². The van der Waals surface area contributed by atoms with E-state index in [1.807, 2.05) is 0 Å². The van der Waals surface area contributed by atoms with Crippen molar-refractivity contribution in [2.24, 2.45) is 0 Å². The van der Waals surface area contributed by atoms with Crippen molar-refractivity contribution >= 4 is 23.5 Å². The second-order valence-electron chi connectivity index (χ2n) is 4.09. The average Bonchev–Trinajstić information content (AvgIpc) is 2.98. The van der Waals surface area contributed by atoms with Crippen LogP contribution < -0.4 is 10.6 Å². The van der Waals surface area contributed by atoms with Gasteiger partial charge in [0.2, 0.25) is 17.2 Å². The van der Waals surface area contributed by atoms with Gasteiger partial charge in [-0.15, -0.1) is 0 Å². The average molecular weight is 226 g/mol. The molecule has 0 aliphatic heterocycles. The number of nitrogens with one attached hydrogen (secondary N) is 2. The highest BCUT2D eigenvalue weighted by Crippen LogP contribution is 2.26. The number of aromatic nitrogens is 3. The Kier molecular flexibility index (Phi) is 2.12. The first-order valence-electron chi connectivity index (χ1n) is 5.24. The Bertz CT molecular complexity index is 343. The fourth-order valence-electron chi connectivity index (χ4n) is 1.30. The Morgan fingerprint density at radius 3 is 1.73 bits per heavy atom. The van der Waals surface area contributed by atoms with E-state index >= 15 is 0 Å². The topological polar surface area (TPSA) is 62.7 Å². The van der Waals surface area contributed by atoms with Gasteiger partial charge in [0.15, 0.2) is 0 Å². The number of hydrogen-bond donors (Lipinski definition) is 2. The van der Waals surface area contributed by atoms with E-state index in [0.717, 1.165) is 0 Å². The van der Waals surface area contributed by atoms with Gasteiger partial charge in [-0.2, -0.15) is 15.0 Å². The molecule has 5 nitrogen and oxygen atoms in total. The minimum Gasteiger partial charge on any atom is -0.351 e. The monoisotopic (exact) mass is 225 g/mol. The van der Waals surface area contributed by atoms with Crippen LogP contribution in [0.1, 0.15) is 25.7 Å². The van der Waals surface area contributed by atoms with Gasteiger partial charge < -0.3 is 10.6 Å². The zero-order valence-electron chi connectivity index (χ0n) is 8.20. The molecule has 2 aliphatic rings. The summed E-state index contributed by atoms with van der Waals surface area (Å²) in [5.41, 5.74) is 0. The fraction of sp³-hybridized carbons (Fsp3) is 0.667. The van der Waals surface area contributed by atoms with Crippen LogP contribution in [-0.4, -0.2) is 27.0 Å². The molecule has 80 valence electrons. The lowest BCUT2D eigenvalue weighted by Crippen LogP contribution is -2.11. The summed E-state index contributed by atoms with van der Waals surface area (Å²) < 4.78 is 0. The molecule has 1 aromatic rings. The van der Waals surface area contributed by atoms with Crippen molar-refractivity contribution in [1.29, 1.82) is 0 Å². The summed E-state index contributed by atoms with van der Waals surface area (Å²) in [4.78, 5) is 12.3. The van der Waals surface area contributed by atoms with Gasteiger partial charge in [0.1, 0.15) is 0 Å². The lowest BCUT2D eigenvalue weighted by Gasteiger charge is -2.06. The summed E-state index contributed by atoms with van der Waals surface area (Å²) in [5.74, 6) is 1.17. The maximum absolute atomic E-state index is 5.82. The Labute approximate surface area is 92.7 Å². The predicted octanol–water partition coefficient (Wildman–Crippen LogP) is 1.67. The Morgan fingerprint density at radius 2 is 1.33 bits per heavy atom. The number of hydrogen-bond acceptors (Lipinski definition) is 5. The molecule has 0 unspecified atom stereocenters. The number of halogens is 1. The largest absolute Gasteiger partial charge is 0.351 e. The quantitative estimate of drug-likeness (QED) is 0.816. The maximum Gasteiger partial charge on any atom is 0.229 e. The van der Waals surface area contributed by atoms with Crippen LogP contribution in [0.25, 0.3) is 0 Å². The molecule has 0 radical (unpaired) electrons. The van der Waals surface area contributed by atoms with E-state index in [-0.39, 0.29) is 5.28 Å². The van der Waals surface area contributed by atoms with Gasteiger partial charge in [-0.05, 0) is 37.3 Å². The number of nitrogens with zero attached hydrogens (tertiary/aromatic N) is 3. The minimum atomic E-state index is 0.247. The normalized spacial score (nSPS) is 20.1. The third-order valence-corrected chi connectivity index (χ3v) is 2.60. The van der Waals surface area contributed by atoms with E-state index in [4.69, 9.17) is 11.6 Å². The lowest BCUT2D eigenvalue weighted by molar-refractivity contribution is 0.976. The van der Waals surface area contributed by atoms with Crippen LogP contribution in [0.15, 0.2) is 0 Å². The first kappa shape index (κ1) is 9.15. The van der Waals surface area contributed by atoms with E-state index in [0.29, 0.717) is 24.0 Å². The standard InChI is InChI=1S/C9H12ClN5/c10-7-13-8(11-5-1-2-5)15-9(14-7)12-6-3-4-6/h5-6H,1-4H2,(H2,11,12,13,14,15). The van der Waals surface area contributed by atoms with E-state index in [2.05, 4.69) is 25.6 Å². The molecule has 0 aromatic carbocycles. The SMILES string of the molecule is Clc1nc(NC2CC2)nc(NC2CC2)n1. The van der Waals surface area contributed by atoms with Crippen LogP contribution in [0.4, 0.5) is 11.9 Å². The van der Waals surface area contributed by atoms with Crippen LogP contribution in [0, 0.1) is 0 Å². The highest BCUT2D eigenvalue weighted by Gasteiger charge is 2.24. The van der Waals surface area contributed by atoms with E-state index in [1.54, 1.807) is 0 Å². The molecule has 1 heterocycles. The molecule has 0 bridgehead atoms. The fourth-order valence-corrected chi connectivity index (χ4v) is 1.46. The molecule has 2 N–H and O–H groups in total. The van der Waals surface area contributed by atoms with Gasteiger partial charge in [-0.3, -0.25) is 0 Å². The van der Waals surface area contributed by atoms with Gasteiger partial charge in [-0.25, -0.2) is 0 Å². The van der Waals surface area contributed by atoms with Crippen molar-refractivity contribution in [2.45, 2.75) is 37.8 Å². The van der Waals surface area contributed by atoms with Crippen molar-refractivity contribution in [1.82, 2.24) is 15.0 Å². The molecule has 0 atom stereocenters. The molecule has 2 aliphatic carbocycles. The van der Waals surface area contributed by atoms with Crippen molar-refractivity contribution < 1.29 is 0 Å². The minimum absolute atomic E-state index is 0.247. The van der Waals surface area contributed by atoms with E-state index in [9.17, 15) is 0 Å². The third-order valence-electron chi connectivity index (χ3n) is 2.43. The van der Waals surface area contributed by atoms with Gasteiger partial charge in [0.05, 0.1) is 0 Å². The first-order chi connectivity index (χ1) is 7.29. The Balaban J connectivity index is 1.76. The van der Waals surface area contributed by atoms with Crippen LogP contribution in [0.3, 0.4) is 0 Å². The summed E-state index contributed by atoms with van der Waals surface area (Å²) in [7, 11) is 0. The van der Waals surface area contributed by atoms with Crippen LogP contribution in [0.5, 0.6) is 0 Å². The Hall–Kier alpha value is -1.10. The molecule has 6 heteroatoms.